The zero-order valence-electron chi connectivity index (χ0n) is 13.8. The first-order chi connectivity index (χ1) is 11.3. The van der Waals surface area contributed by atoms with Crippen LogP contribution < -0.4 is 10.6 Å². The lowest BCUT2D eigenvalue weighted by molar-refractivity contribution is 0.361. The van der Waals surface area contributed by atoms with Gasteiger partial charge in [0.25, 0.3) is 0 Å². The molecule has 2 bridgehead atoms. The van der Waals surface area contributed by atoms with E-state index in [1.165, 1.54) is 56.9 Å². The Bertz CT molecular complexity index is 536. The molecule has 2 nitrogen and oxygen atoms in total. The second-order valence-electron chi connectivity index (χ2n) is 7.86. The van der Waals surface area contributed by atoms with Gasteiger partial charge in [0.15, 0.2) is 5.11 Å². The minimum atomic E-state index is 0.563. The fraction of sp³-hybridized carbons (Fsp3) is 0.650. The fourth-order valence-electron chi connectivity index (χ4n) is 5.11. The molecular weight excluding hydrogens is 300 g/mol. The summed E-state index contributed by atoms with van der Waals surface area (Å²) in [4.78, 5) is 0. The number of hydrogen-bond donors (Lipinski definition) is 2. The van der Waals surface area contributed by atoms with E-state index in [2.05, 4.69) is 41.0 Å². The largest absolute Gasteiger partial charge is 0.360 e. The van der Waals surface area contributed by atoms with E-state index in [9.17, 15) is 0 Å². The van der Waals surface area contributed by atoms with Crippen molar-refractivity contribution >= 4 is 17.3 Å². The molecule has 124 valence electrons. The van der Waals surface area contributed by atoms with Crippen molar-refractivity contribution in [2.45, 2.75) is 69.4 Å². The zero-order chi connectivity index (χ0) is 15.6. The Morgan fingerprint density at radius 3 is 2.30 bits per heavy atom. The highest BCUT2D eigenvalue weighted by Crippen LogP contribution is 2.44. The van der Waals surface area contributed by atoms with Crippen LogP contribution in [0.1, 0.15) is 62.8 Å². The Kier molecular flexibility index (Phi) is 4.57. The van der Waals surface area contributed by atoms with E-state index >= 15 is 0 Å². The Morgan fingerprint density at radius 1 is 0.870 bits per heavy atom. The third-order valence-corrected chi connectivity index (χ3v) is 6.62. The molecule has 2 N–H and O–H groups in total. The van der Waals surface area contributed by atoms with E-state index in [0.717, 1.165) is 22.9 Å². The number of nitrogens with one attached hydrogen (secondary N) is 2. The first-order valence-electron chi connectivity index (χ1n) is 9.40. The van der Waals surface area contributed by atoms with Crippen LogP contribution in [0.15, 0.2) is 30.3 Å². The topological polar surface area (TPSA) is 24.1 Å². The number of benzene rings is 1. The van der Waals surface area contributed by atoms with Crippen molar-refractivity contribution in [1.29, 1.82) is 0 Å². The SMILES string of the molecule is S=C(NC1CCC(c2ccccc2)CC1)N[C@@H]1C[C@H]2CC[C@H]1C2. The van der Waals surface area contributed by atoms with Gasteiger partial charge < -0.3 is 10.6 Å². The van der Waals surface area contributed by atoms with Gasteiger partial charge in [-0.15, -0.1) is 0 Å². The third kappa shape index (κ3) is 3.55. The van der Waals surface area contributed by atoms with Crippen molar-refractivity contribution in [1.82, 2.24) is 10.6 Å². The molecule has 0 aliphatic heterocycles. The molecule has 1 aromatic rings. The van der Waals surface area contributed by atoms with Gasteiger partial charge in [0, 0.05) is 12.1 Å². The molecule has 3 aliphatic rings. The first-order valence-corrected chi connectivity index (χ1v) is 9.80. The molecule has 3 atom stereocenters. The van der Waals surface area contributed by atoms with Crippen molar-refractivity contribution in [3.05, 3.63) is 35.9 Å². The summed E-state index contributed by atoms with van der Waals surface area (Å²) in [7, 11) is 0. The second kappa shape index (κ2) is 6.80. The number of fused-ring (bicyclic) bond motifs is 2. The van der Waals surface area contributed by atoms with Crippen molar-refractivity contribution in [2.75, 3.05) is 0 Å². The Morgan fingerprint density at radius 2 is 1.65 bits per heavy atom. The summed E-state index contributed by atoms with van der Waals surface area (Å²) in [6.07, 6.45) is 10.7. The lowest BCUT2D eigenvalue weighted by Gasteiger charge is -2.32. The summed E-state index contributed by atoms with van der Waals surface area (Å²) in [5.41, 5.74) is 1.51. The molecule has 3 heteroatoms. The zero-order valence-corrected chi connectivity index (χ0v) is 14.7. The normalized spacial score (nSPS) is 35.9. The molecule has 3 aliphatic carbocycles. The van der Waals surface area contributed by atoms with Crippen LogP contribution in [0.25, 0.3) is 0 Å². The van der Waals surface area contributed by atoms with Gasteiger partial charge in [-0.25, -0.2) is 0 Å². The van der Waals surface area contributed by atoms with Gasteiger partial charge in [0.05, 0.1) is 0 Å². The molecule has 3 fully saturated rings. The average Bonchev–Trinajstić information content (AvgIpc) is 3.19. The van der Waals surface area contributed by atoms with Gasteiger partial charge >= 0.3 is 0 Å². The minimum absolute atomic E-state index is 0.563. The highest BCUT2D eigenvalue weighted by Gasteiger charge is 2.39. The smallest absolute Gasteiger partial charge is 0.166 e. The molecule has 0 aromatic heterocycles. The van der Waals surface area contributed by atoms with E-state index < -0.39 is 0 Å². The molecule has 0 spiro atoms. The second-order valence-corrected chi connectivity index (χ2v) is 8.27. The predicted octanol–water partition coefficient (Wildman–Crippen LogP) is 4.37. The van der Waals surface area contributed by atoms with Gasteiger partial charge in [-0.1, -0.05) is 36.8 Å². The van der Waals surface area contributed by atoms with E-state index in [0.29, 0.717) is 12.1 Å². The molecule has 0 saturated heterocycles. The summed E-state index contributed by atoms with van der Waals surface area (Å²) in [5.74, 6) is 2.59. The number of thiocarbonyl (C=S) groups is 1. The van der Waals surface area contributed by atoms with E-state index in [-0.39, 0.29) is 0 Å². The monoisotopic (exact) mass is 328 g/mol. The quantitative estimate of drug-likeness (QED) is 0.806. The molecule has 4 rings (SSSR count). The molecule has 0 radical (unpaired) electrons. The summed E-state index contributed by atoms with van der Waals surface area (Å²) in [6.45, 7) is 0. The van der Waals surface area contributed by atoms with Crippen molar-refractivity contribution in [2.24, 2.45) is 11.8 Å². The molecule has 0 amide bonds. The van der Waals surface area contributed by atoms with Crippen LogP contribution in [0.4, 0.5) is 0 Å². The van der Waals surface area contributed by atoms with Crippen LogP contribution in [0, 0.1) is 11.8 Å². The van der Waals surface area contributed by atoms with Crippen LogP contribution in [0.5, 0.6) is 0 Å². The predicted molar refractivity (Wildman–Crippen MR) is 99.5 cm³/mol. The highest BCUT2D eigenvalue weighted by atomic mass is 32.1. The number of hydrogen-bond acceptors (Lipinski definition) is 1. The van der Waals surface area contributed by atoms with Crippen molar-refractivity contribution in [3.8, 4) is 0 Å². The first kappa shape index (κ1) is 15.4. The standard InChI is InChI=1S/C20H28N2S/c23-20(22-19-13-14-6-7-17(19)12-14)21-18-10-8-16(9-11-18)15-4-2-1-3-5-15/h1-5,14,16-19H,6-13H2,(H2,21,22,23)/t14-,16?,17-,18?,19+/m0/s1. The fourth-order valence-corrected chi connectivity index (χ4v) is 5.43. The average molecular weight is 329 g/mol. The maximum atomic E-state index is 5.59. The summed E-state index contributed by atoms with van der Waals surface area (Å²) >= 11 is 5.59. The van der Waals surface area contributed by atoms with Crippen LogP contribution >= 0.6 is 12.2 Å². The summed E-state index contributed by atoms with van der Waals surface area (Å²) < 4.78 is 0. The van der Waals surface area contributed by atoms with Gasteiger partial charge in [-0.3, -0.25) is 0 Å². The van der Waals surface area contributed by atoms with E-state index in [4.69, 9.17) is 12.2 Å². The molecule has 0 unspecified atom stereocenters. The summed E-state index contributed by atoms with van der Waals surface area (Å²) in [5, 5.41) is 8.13. The number of rotatable bonds is 3. The molecule has 23 heavy (non-hydrogen) atoms. The molecule has 1 aromatic carbocycles. The molecular formula is C20H28N2S. The van der Waals surface area contributed by atoms with Crippen LogP contribution in [0.3, 0.4) is 0 Å². The Balaban J connectivity index is 1.22. The molecule has 3 saturated carbocycles. The summed E-state index contributed by atoms with van der Waals surface area (Å²) in [6, 6.07) is 12.2. The maximum Gasteiger partial charge on any atom is 0.166 e. The Labute approximate surface area is 145 Å². The lowest BCUT2D eigenvalue weighted by Crippen LogP contribution is -2.48. The van der Waals surface area contributed by atoms with Crippen LogP contribution in [0.2, 0.25) is 0 Å². The van der Waals surface area contributed by atoms with Gasteiger partial charge in [0.1, 0.15) is 0 Å². The van der Waals surface area contributed by atoms with Gasteiger partial charge in [0.2, 0.25) is 0 Å². The minimum Gasteiger partial charge on any atom is -0.360 e. The van der Waals surface area contributed by atoms with Crippen LogP contribution in [-0.2, 0) is 0 Å². The van der Waals surface area contributed by atoms with Crippen molar-refractivity contribution in [3.63, 3.8) is 0 Å². The van der Waals surface area contributed by atoms with Crippen LogP contribution in [-0.4, -0.2) is 17.2 Å². The van der Waals surface area contributed by atoms with Gasteiger partial charge in [-0.2, -0.15) is 0 Å². The van der Waals surface area contributed by atoms with Gasteiger partial charge in [-0.05, 0) is 80.5 Å². The maximum absolute atomic E-state index is 5.59. The Hall–Kier alpha value is -1.09. The van der Waals surface area contributed by atoms with E-state index in [1.54, 1.807) is 0 Å². The molecule has 0 heterocycles. The van der Waals surface area contributed by atoms with Crippen molar-refractivity contribution < 1.29 is 0 Å². The lowest BCUT2D eigenvalue weighted by atomic mass is 9.82. The highest BCUT2D eigenvalue weighted by molar-refractivity contribution is 7.80. The third-order valence-electron chi connectivity index (χ3n) is 6.39. The van der Waals surface area contributed by atoms with E-state index in [1.807, 2.05) is 0 Å².